The second kappa shape index (κ2) is 6.66. The van der Waals surface area contributed by atoms with Crippen LogP contribution in [0.15, 0.2) is 6.33 Å². The van der Waals surface area contributed by atoms with Gasteiger partial charge in [-0.2, -0.15) is 4.98 Å². The zero-order valence-electron chi connectivity index (χ0n) is 12.6. The van der Waals surface area contributed by atoms with E-state index in [0.717, 1.165) is 25.7 Å². The molecular weight excluding hydrogens is 274 g/mol. The first kappa shape index (κ1) is 15.4. The first-order valence-corrected chi connectivity index (χ1v) is 7.02. The summed E-state index contributed by atoms with van der Waals surface area (Å²) >= 11 is 0. The van der Waals surface area contributed by atoms with Gasteiger partial charge in [-0.3, -0.25) is 10.1 Å². The number of nitrogens with zero attached hydrogens (tertiary/aromatic N) is 4. The molecule has 21 heavy (non-hydrogen) atoms. The van der Waals surface area contributed by atoms with Crippen molar-refractivity contribution >= 4 is 11.5 Å². The van der Waals surface area contributed by atoms with Crippen molar-refractivity contribution in [1.82, 2.24) is 15.3 Å². The summed E-state index contributed by atoms with van der Waals surface area (Å²) in [5.74, 6) is 0.320. The average molecular weight is 295 g/mol. The molecule has 1 fully saturated rings. The Bertz CT molecular complexity index is 503. The zero-order valence-corrected chi connectivity index (χ0v) is 12.6. The van der Waals surface area contributed by atoms with Crippen molar-refractivity contribution in [2.24, 2.45) is 0 Å². The van der Waals surface area contributed by atoms with Crippen LogP contribution in [0.1, 0.15) is 25.7 Å². The first-order chi connectivity index (χ1) is 10.1. The van der Waals surface area contributed by atoms with E-state index in [1.54, 1.807) is 0 Å². The molecule has 1 heterocycles. The van der Waals surface area contributed by atoms with E-state index >= 15 is 0 Å². The maximum atomic E-state index is 11.3. The second-order valence-electron chi connectivity index (χ2n) is 5.22. The molecule has 1 saturated carbocycles. The predicted octanol–water partition coefficient (Wildman–Crippen LogP) is 1.36. The van der Waals surface area contributed by atoms with Gasteiger partial charge in [0, 0.05) is 19.1 Å². The highest BCUT2D eigenvalue weighted by atomic mass is 16.6. The molecule has 1 N–H and O–H groups in total. The van der Waals surface area contributed by atoms with Crippen molar-refractivity contribution in [2.45, 2.75) is 37.8 Å². The summed E-state index contributed by atoms with van der Waals surface area (Å²) in [7, 11) is 5.19. The SMILES string of the molecule is CNC1CCC(N(C)c2ncnc(OC)c2[N+](=O)[O-])CC1. The van der Waals surface area contributed by atoms with Gasteiger partial charge in [0.05, 0.1) is 12.0 Å². The third-order valence-electron chi connectivity index (χ3n) is 4.13. The van der Waals surface area contributed by atoms with Crippen LogP contribution in [0.25, 0.3) is 0 Å². The lowest BCUT2D eigenvalue weighted by Gasteiger charge is -2.34. The van der Waals surface area contributed by atoms with Crippen molar-refractivity contribution < 1.29 is 9.66 Å². The monoisotopic (exact) mass is 295 g/mol. The molecule has 0 spiro atoms. The molecule has 0 radical (unpaired) electrons. The highest BCUT2D eigenvalue weighted by Gasteiger charge is 2.31. The number of nitrogens with one attached hydrogen (secondary N) is 1. The summed E-state index contributed by atoms with van der Waals surface area (Å²) < 4.78 is 4.99. The number of hydrogen-bond donors (Lipinski definition) is 1. The molecule has 1 aliphatic carbocycles. The van der Waals surface area contributed by atoms with E-state index in [1.807, 2.05) is 19.0 Å². The van der Waals surface area contributed by atoms with Crippen LogP contribution in [-0.2, 0) is 0 Å². The fourth-order valence-electron chi connectivity index (χ4n) is 2.85. The van der Waals surface area contributed by atoms with E-state index in [0.29, 0.717) is 11.9 Å². The van der Waals surface area contributed by atoms with Crippen LogP contribution in [0.3, 0.4) is 0 Å². The van der Waals surface area contributed by atoms with Crippen LogP contribution >= 0.6 is 0 Å². The quantitative estimate of drug-likeness (QED) is 0.647. The largest absolute Gasteiger partial charge is 0.476 e. The Morgan fingerprint density at radius 2 is 2.05 bits per heavy atom. The molecule has 116 valence electrons. The standard InChI is InChI=1S/C13H21N5O3/c1-14-9-4-6-10(7-5-9)17(2)12-11(18(19)20)13(21-3)16-8-15-12/h8-10,14H,4-7H2,1-3H3. The second-order valence-corrected chi connectivity index (χ2v) is 5.22. The van der Waals surface area contributed by atoms with E-state index < -0.39 is 4.92 Å². The van der Waals surface area contributed by atoms with Gasteiger partial charge < -0.3 is 15.0 Å². The minimum absolute atomic E-state index is 0.000704. The molecular formula is C13H21N5O3. The Balaban J connectivity index is 2.23. The van der Waals surface area contributed by atoms with Crippen LogP contribution in [0.5, 0.6) is 5.88 Å². The fourth-order valence-corrected chi connectivity index (χ4v) is 2.85. The predicted molar refractivity (Wildman–Crippen MR) is 78.7 cm³/mol. The number of methoxy groups -OCH3 is 1. The topological polar surface area (TPSA) is 93.4 Å². The lowest BCUT2D eigenvalue weighted by Crippen LogP contribution is -2.40. The number of hydrogen-bond acceptors (Lipinski definition) is 7. The summed E-state index contributed by atoms with van der Waals surface area (Å²) in [5, 5.41) is 14.6. The minimum atomic E-state index is -0.482. The van der Waals surface area contributed by atoms with Crippen molar-refractivity contribution in [3.63, 3.8) is 0 Å². The first-order valence-electron chi connectivity index (χ1n) is 7.02. The van der Waals surface area contributed by atoms with Gasteiger partial charge in [0.1, 0.15) is 6.33 Å². The minimum Gasteiger partial charge on any atom is -0.476 e. The number of ether oxygens (including phenoxy) is 1. The van der Waals surface area contributed by atoms with Gasteiger partial charge in [0.25, 0.3) is 5.88 Å². The van der Waals surface area contributed by atoms with Gasteiger partial charge in [-0.25, -0.2) is 4.98 Å². The molecule has 0 atom stereocenters. The molecule has 0 amide bonds. The lowest BCUT2D eigenvalue weighted by atomic mass is 9.90. The number of aromatic nitrogens is 2. The van der Waals surface area contributed by atoms with Crippen LogP contribution in [0, 0.1) is 10.1 Å². The van der Waals surface area contributed by atoms with E-state index in [1.165, 1.54) is 13.4 Å². The number of anilines is 1. The Morgan fingerprint density at radius 1 is 1.38 bits per heavy atom. The Kier molecular flexibility index (Phi) is 4.89. The van der Waals surface area contributed by atoms with Crippen LogP contribution in [0.2, 0.25) is 0 Å². The smallest absolute Gasteiger partial charge is 0.372 e. The normalized spacial score (nSPS) is 21.9. The molecule has 1 aromatic rings. The van der Waals surface area contributed by atoms with Gasteiger partial charge >= 0.3 is 5.69 Å². The average Bonchev–Trinajstić information content (AvgIpc) is 2.53. The third kappa shape index (κ3) is 3.21. The Labute approximate surface area is 123 Å². The van der Waals surface area contributed by atoms with E-state index in [9.17, 15) is 10.1 Å². The van der Waals surface area contributed by atoms with Crippen LogP contribution in [0.4, 0.5) is 11.5 Å². The van der Waals surface area contributed by atoms with Gasteiger partial charge in [0.15, 0.2) is 0 Å². The van der Waals surface area contributed by atoms with Gasteiger partial charge in [-0.15, -0.1) is 0 Å². The lowest BCUT2D eigenvalue weighted by molar-refractivity contribution is -0.385. The van der Waals surface area contributed by atoms with E-state index in [-0.39, 0.29) is 17.6 Å². The van der Waals surface area contributed by atoms with Gasteiger partial charge in [-0.1, -0.05) is 0 Å². The molecule has 1 aromatic heterocycles. The molecule has 2 rings (SSSR count). The van der Waals surface area contributed by atoms with Crippen molar-refractivity contribution in [3.8, 4) is 5.88 Å². The summed E-state index contributed by atoms with van der Waals surface area (Å²) in [5.41, 5.74) is -0.168. The molecule has 0 aliphatic heterocycles. The molecule has 0 aromatic carbocycles. The molecule has 8 heteroatoms. The number of nitro groups is 1. The molecule has 1 aliphatic rings. The van der Waals surface area contributed by atoms with E-state index in [2.05, 4.69) is 15.3 Å². The van der Waals surface area contributed by atoms with Crippen LogP contribution < -0.4 is 15.0 Å². The highest BCUT2D eigenvalue weighted by Crippen LogP contribution is 2.35. The summed E-state index contributed by atoms with van der Waals surface area (Å²) in [6, 6.07) is 0.775. The van der Waals surface area contributed by atoms with E-state index in [4.69, 9.17) is 4.74 Å². The maximum Gasteiger partial charge on any atom is 0.372 e. The summed E-state index contributed by atoms with van der Waals surface area (Å²) in [6.45, 7) is 0. The molecule has 8 nitrogen and oxygen atoms in total. The fraction of sp³-hybridized carbons (Fsp3) is 0.692. The molecule has 0 unspecified atom stereocenters. The maximum absolute atomic E-state index is 11.3. The number of rotatable bonds is 5. The van der Waals surface area contributed by atoms with Gasteiger partial charge in [-0.05, 0) is 32.7 Å². The Hall–Kier alpha value is -1.96. The van der Waals surface area contributed by atoms with Crippen LogP contribution in [-0.4, -0.2) is 48.2 Å². The summed E-state index contributed by atoms with van der Waals surface area (Å²) in [4.78, 5) is 20.6. The Morgan fingerprint density at radius 3 is 2.57 bits per heavy atom. The van der Waals surface area contributed by atoms with Crippen molar-refractivity contribution in [1.29, 1.82) is 0 Å². The highest BCUT2D eigenvalue weighted by molar-refractivity contribution is 5.62. The molecule has 0 bridgehead atoms. The zero-order chi connectivity index (χ0) is 15.4. The third-order valence-corrected chi connectivity index (χ3v) is 4.13. The molecule has 0 saturated heterocycles. The van der Waals surface area contributed by atoms with Gasteiger partial charge in [0.2, 0.25) is 5.82 Å². The van der Waals surface area contributed by atoms with Crippen molar-refractivity contribution in [2.75, 3.05) is 26.1 Å². The summed E-state index contributed by atoms with van der Waals surface area (Å²) in [6.07, 6.45) is 5.37. The van der Waals surface area contributed by atoms with Crippen molar-refractivity contribution in [3.05, 3.63) is 16.4 Å².